The van der Waals surface area contributed by atoms with E-state index in [1.54, 1.807) is 0 Å². The van der Waals surface area contributed by atoms with Gasteiger partial charge in [-0.25, -0.2) is 0 Å². The number of carbonyl (C=O) groups is 1. The molecule has 2 heterocycles. The van der Waals surface area contributed by atoms with E-state index in [2.05, 4.69) is 10.3 Å². The van der Waals surface area contributed by atoms with Gasteiger partial charge >= 0.3 is 5.97 Å². The summed E-state index contributed by atoms with van der Waals surface area (Å²) in [4.78, 5) is 14.5. The molecule has 4 heteroatoms. The third kappa shape index (κ3) is 1.23. The third-order valence-electron chi connectivity index (χ3n) is 3.09. The van der Waals surface area contributed by atoms with Crippen molar-refractivity contribution in [3.05, 3.63) is 35.5 Å². The van der Waals surface area contributed by atoms with Crippen molar-refractivity contribution in [1.82, 2.24) is 10.3 Å². The van der Waals surface area contributed by atoms with E-state index in [0.29, 0.717) is 6.54 Å². The lowest BCUT2D eigenvalue weighted by atomic mass is 9.98. The Morgan fingerprint density at radius 2 is 2.19 bits per heavy atom. The highest BCUT2D eigenvalue weighted by atomic mass is 16.4. The minimum atomic E-state index is -0.814. The van der Waals surface area contributed by atoms with Crippen molar-refractivity contribution in [1.29, 1.82) is 0 Å². The van der Waals surface area contributed by atoms with Crippen LogP contribution in [0.15, 0.2) is 24.3 Å². The molecule has 4 nitrogen and oxygen atoms in total. The Morgan fingerprint density at radius 3 is 3.00 bits per heavy atom. The average Bonchev–Trinajstić information content (AvgIpc) is 2.66. The fraction of sp³-hybridized carbons (Fsp3) is 0.250. The molecule has 0 radical (unpaired) electrons. The van der Waals surface area contributed by atoms with Crippen LogP contribution in [0.2, 0.25) is 0 Å². The number of hydrogen-bond donors (Lipinski definition) is 3. The number of carboxylic acid groups (broad SMARTS) is 1. The predicted octanol–water partition coefficient (Wildman–Crippen LogP) is 1.44. The van der Waals surface area contributed by atoms with Crippen LogP contribution in [0, 0.1) is 0 Å². The summed E-state index contributed by atoms with van der Waals surface area (Å²) >= 11 is 0. The van der Waals surface area contributed by atoms with E-state index in [-0.39, 0.29) is 0 Å². The normalized spacial score (nSPS) is 19.6. The lowest BCUT2D eigenvalue weighted by molar-refractivity contribution is -0.139. The summed E-state index contributed by atoms with van der Waals surface area (Å²) in [7, 11) is 0. The number of hydrogen-bond acceptors (Lipinski definition) is 2. The lowest BCUT2D eigenvalue weighted by Crippen LogP contribution is -2.34. The number of H-pyrrole nitrogens is 1. The van der Waals surface area contributed by atoms with Crippen LogP contribution in [-0.4, -0.2) is 22.6 Å². The molecule has 3 rings (SSSR count). The standard InChI is InChI=1S/C12H12N2O2/c15-12(16)11-10-7-3-1-2-4-8(7)14-9(10)5-6-13-11/h1-4,11,13-14H,5-6H2,(H,15,16). The van der Waals surface area contributed by atoms with Gasteiger partial charge < -0.3 is 15.4 Å². The Morgan fingerprint density at radius 1 is 1.38 bits per heavy atom. The summed E-state index contributed by atoms with van der Waals surface area (Å²) in [6, 6.07) is 7.25. The van der Waals surface area contributed by atoms with Crippen molar-refractivity contribution in [3.8, 4) is 0 Å². The Hall–Kier alpha value is -1.81. The molecule has 1 aliphatic heterocycles. The Bertz CT molecular complexity index is 559. The van der Waals surface area contributed by atoms with Crippen LogP contribution >= 0.6 is 0 Å². The van der Waals surface area contributed by atoms with Gasteiger partial charge in [0.2, 0.25) is 0 Å². The van der Waals surface area contributed by atoms with Crippen molar-refractivity contribution in [2.45, 2.75) is 12.5 Å². The SMILES string of the molecule is O=C(O)C1NCCc2[nH]c3ccccc3c21. The largest absolute Gasteiger partial charge is 0.480 e. The van der Waals surface area contributed by atoms with Gasteiger partial charge in [0.05, 0.1) is 0 Å². The molecule has 1 atom stereocenters. The van der Waals surface area contributed by atoms with Gasteiger partial charge in [0.1, 0.15) is 6.04 Å². The maximum Gasteiger partial charge on any atom is 0.325 e. The Balaban J connectivity index is 2.28. The van der Waals surface area contributed by atoms with Crippen molar-refractivity contribution >= 4 is 16.9 Å². The lowest BCUT2D eigenvalue weighted by Gasteiger charge is -2.20. The van der Waals surface area contributed by atoms with Gasteiger partial charge in [-0.15, -0.1) is 0 Å². The highest BCUT2D eigenvalue weighted by molar-refractivity contribution is 5.90. The van der Waals surface area contributed by atoms with Crippen LogP contribution in [0.25, 0.3) is 10.9 Å². The second-order valence-electron chi connectivity index (χ2n) is 4.04. The molecule has 1 unspecified atom stereocenters. The molecule has 82 valence electrons. The molecule has 0 fully saturated rings. The molecule has 0 amide bonds. The summed E-state index contributed by atoms with van der Waals surface area (Å²) in [5.41, 5.74) is 2.96. The summed E-state index contributed by atoms with van der Waals surface area (Å²) in [6.45, 7) is 0.705. The maximum atomic E-state index is 11.2. The van der Waals surface area contributed by atoms with Gasteiger partial charge in [-0.3, -0.25) is 4.79 Å². The van der Waals surface area contributed by atoms with E-state index in [1.165, 1.54) is 0 Å². The van der Waals surface area contributed by atoms with Gasteiger partial charge in [0.15, 0.2) is 0 Å². The van der Waals surface area contributed by atoms with Gasteiger partial charge in [-0.2, -0.15) is 0 Å². The molecule has 0 bridgehead atoms. The van der Waals surface area contributed by atoms with E-state index in [1.807, 2.05) is 24.3 Å². The molecular weight excluding hydrogens is 204 g/mol. The molecule has 1 aromatic carbocycles. The molecule has 2 aromatic rings. The van der Waals surface area contributed by atoms with Gasteiger partial charge in [0, 0.05) is 35.1 Å². The molecular formula is C12H12N2O2. The molecule has 0 spiro atoms. The number of para-hydroxylation sites is 1. The minimum Gasteiger partial charge on any atom is -0.480 e. The molecule has 3 N–H and O–H groups in total. The zero-order valence-corrected chi connectivity index (χ0v) is 8.66. The highest BCUT2D eigenvalue weighted by Crippen LogP contribution is 2.30. The summed E-state index contributed by atoms with van der Waals surface area (Å²) in [5, 5.41) is 13.2. The van der Waals surface area contributed by atoms with E-state index in [0.717, 1.165) is 28.6 Å². The topological polar surface area (TPSA) is 65.1 Å². The second-order valence-corrected chi connectivity index (χ2v) is 4.04. The summed E-state index contributed by atoms with van der Waals surface area (Å²) in [6.07, 6.45) is 0.855. The predicted molar refractivity (Wildman–Crippen MR) is 60.4 cm³/mol. The Kier molecular flexibility index (Phi) is 1.97. The first-order valence-corrected chi connectivity index (χ1v) is 5.33. The van der Waals surface area contributed by atoms with E-state index < -0.39 is 12.0 Å². The molecule has 0 aliphatic carbocycles. The van der Waals surface area contributed by atoms with Crippen LogP contribution in [0.4, 0.5) is 0 Å². The van der Waals surface area contributed by atoms with Gasteiger partial charge in [-0.05, 0) is 6.07 Å². The number of rotatable bonds is 1. The van der Waals surface area contributed by atoms with E-state index in [9.17, 15) is 9.90 Å². The minimum absolute atomic E-state index is 0.583. The monoisotopic (exact) mass is 216 g/mol. The summed E-state index contributed by atoms with van der Waals surface area (Å²) in [5.74, 6) is -0.814. The number of aromatic nitrogens is 1. The van der Waals surface area contributed by atoms with Gasteiger partial charge in [-0.1, -0.05) is 18.2 Å². The van der Waals surface area contributed by atoms with Gasteiger partial charge in [0.25, 0.3) is 0 Å². The smallest absolute Gasteiger partial charge is 0.325 e. The van der Waals surface area contributed by atoms with E-state index >= 15 is 0 Å². The van der Waals surface area contributed by atoms with Crippen molar-refractivity contribution in [2.75, 3.05) is 6.54 Å². The molecule has 0 saturated heterocycles. The van der Waals surface area contributed by atoms with Crippen LogP contribution in [0.3, 0.4) is 0 Å². The number of benzene rings is 1. The summed E-state index contributed by atoms with van der Waals surface area (Å²) < 4.78 is 0. The number of carboxylic acids is 1. The first-order chi connectivity index (χ1) is 7.77. The first kappa shape index (κ1) is 9.42. The second kappa shape index (κ2) is 3.35. The van der Waals surface area contributed by atoms with Crippen LogP contribution < -0.4 is 5.32 Å². The molecule has 1 aromatic heterocycles. The molecule has 1 aliphatic rings. The third-order valence-corrected chi connectivity index (χ3v) is 3.09. The van der Waals surface area contributed by atoms with Crippen molar-refractivity contribution in [2.24, 2.45) is 0 Å². The van der Waals surface area contributed by atoms with E-state index in [4.69, 9.17) is 0 Å². The number of aliphatic carboxylic acids is 1. The molecule has 0 saturated carbocycles. The maximum absolute atomic E-state index is 11.2. The van der Waals surface area contributed by atoms with Crippen molar-refractivity contribution in [3.63, 3.8) is 0 Å². The van der Waals surface area contributed by atoms with Crippen LogP contribution in [-0.2, 0) is 11.2 Å². The molecule has 16 heavy (non-hydrogen) atoms. The van der Waals surface area contributed by atoms with Crippen LogP contribution in [0.5, 0.6) is 0 Å². The number of nitrogens with one attached hydrogen (secondary N) is 2. The van der Waals surface area contributed by atoms with Crippen LogP contribution in [0.1, 0.15) is 17.3 Å². The quantitative estimate of drug-likeness (QED) is 0.675. The zero-order valence-electron chi connectivity index (χ0n) is 8.66. The highest BCUT2D eigenvalue weighted by Gasteiger charge is 2.28. The van der Waals surface area contributed by atoms with Crippen molar-refractivity contribution < 1.29 is 9.90 Å². The Labute approximate surface area is 92.3 Å². The zero-order chi connectivity index (χ0) is 11.1. The average molecular weight is 216 g/mol. The number of aromatic amines is 1. The fourth-order valence-corrected chi connectivity index (χ4v) is 2.40. The number of fused-ring (bicyclic) bond motifs is 3. The first-order valence-electron chi connectivity index (χ1n) is 5.33. The fourth-order valence-electron chi connectivity index (χ4n) is 2.40.